The summed E-state index contributed by atoms with van der Waals surface area (Å²) in [6.07, 6.45) is 0. The van der Waals surface area contributed by atoms with Gasteiger partial charge in [-0.05, 0) is 36.1 Å². The van der Waals surface area contributed by atoms with Gasteiger partial charge in [0.15, 0.2) is 0 Å². The zero-order valence-electron chi connectivity index (χ0n) is 21.4. The number of benzene rings is 2. The van der Waals surface area contributed by atoms with Crippen LogP contribution in [0.3, 0.4) is 0 Å². The fraction of sp³-hybridized carbons (Fsp3) is 0.276. The molecule has 7 nitrogen and oxygen atoms in total. The number of halogens is 1. The number of amides is 2. The number of fused-ring (bicyclic) bond motifs is 1. The van der Waals surface area contributed by atoms with E-state index in [4.69, 9.17) is 9.84 Å². The minimum atomic E-state index is -0.497. The van der Waals surface area contributed by atoms with Crippen molar-refractivity contribution in [3.8, 4) is 16.3 Å². The van der Waals surface area contributed by atoms with Crippen LogP contribution in [0.2, 0.25) is 0 Å². The van der Waals surface area contributed by atoms with Crippen LogP contribution < -0.4 is 4.90 Å². The maximum absolute atomic E-state index is 15.3. The molecule has 0 spiro atoms. The molecule has 2 amide bonds. The van der Waals surface area contributed by atoms with E-state index < -0.39 is 5.25 Å². The first-order valence-electron chi connectivity index (χ1n) is 12.8. The number of anilines is 1. The zero-order chi connectivity index (χ0) is 26.9. The van der Waals surface area contributed by atoms with Gasteiger partial charge in [-0.25, -0.2) is 9.07 Å². The summed E-state index contributed by atoms with van der Waals surface area (Å²) in [7, 11) is 0. The maximum Gasteiger partial charge on any atom is 0.242 e. The number of carbonyl (C=O) groups excluding carboxylic acids is 2. The molecule has 2 aliphatic heterocycles. The number of aryl methyl sites for hydroxylation is 1. The summed E-state index contributed by atoms with van der Waals surface area (Å²) in [5.74, 6) is -0.0947. The lowest BCUT2D eigenvalue weighted by atomic mass is 10.0. The van der Waals surface area contributed by atoms with Crippen LogP contribution >= 0.6 is 23.1 Å². The van der Waals surface area contributed by atoms with Gasteiger partial charge in [0.05, 0.1) is 34.8 Å². The van der Waals surface area contributed by atoms with E-state index in [1.54, 1.807) is 26.6 Å². The van der Waals surface area contributed by atoms with E-state index >= 15 is 4.39 Å². The molecule has 4 aromatic rings. The van der Waals surface area contributed by atoms with Gasteiger partial charge in [-0.3, -0.25) is 14.5 Å². The molecule has 39 heavy (non-hydrogen) atoms. The van der Waals surface area contributed by atoms with Gasteiger partial charge in [0.1, 0.15) is 23.9 Å². The number of morpholine rings is 1. The number of para-hydroxylation sites is 1. The summed E-state index contributed by atoms with van der Waals surface area (Å²) in [4.78, 5) is 31.5. The third kappa shape index (κ3) is 4.88. The standard InChI is InChI=1S/C29H27FN4O3S2/c1-19-7-2-5-10-22(19)34-29-26(27(31-34)23-11-6-16-38-23)28(20-8-3-4-9-21(20)30)39-18-25(36)33(29)17-24(35)32-12-14-37-15-13-32/h2-11,16,28H,12-15,17-18H2,1H3/t28-/m1/s1. The average Bonchev–Trinajstić information content (AvgIpc) is 3.59. The molecular weight excluding hydrogens is 535 g/mol. The van der Waals surface area contributed by atoms with Crippen LogP contribution in [0.1, 0.15) is 21.9 Å². The van der Waals surface area contributed by atoms with Crippen molar-refractivity contribution in [2.75, 3.05) is 43.5 Å². The molecule has 2 aliphatic rings. The SMILES string of the molecule is Cc1ccccc1-n1nc(-c2cccs2)c2c1N(CC(=O)N1CCOCC1)C(=O)CS[C@@H]2c1ccccc1F. The molecule has 10 heteroatoms. The van der Waals surface area contributed by atoms with Crippen molar-refractivity contribution in [2.45, 2.75) is 12.2 Å². The summed E-state index contributed by atoms with van der Waals surface area (Å²) in [6, 6.07) is 18.4. The van der Waals surface area contributed by atoms with Crippen LogP contribution in [0.15, 0.2) is 66.0 Å². The minimum Gasteiger partial charge on any atom is -0.378 e. The summed E-state index contributed by atoms with van der Waals surface area (Å²) in [5, 5.41) is 6.55. The number of nitrogens with zero attached hydrogens (tertiary/aromatic N) is 4. The number of ether oxygens (including phenoxy) is 1. The lowest BCUT2D eigenvalue weighted by Gasteiger charge is -2.30. The highest BCUT2D eigenvalue weighted by atomic mass is 32.2. The molecule has 1 atom stereocenters. The van der Waals surface area contributed by atoms with Crippen molar-refractivity contribution in [1.82, 2.24) is 14.7 Å². The molecule has 0 saturated carbocycles. The Bertz CT molecular complexity index is 1510. The molecule has 2 aromatic heterocycles. The van der Waals surface area contributed by atoms with Crippen LogP contribution in [0, 0.1) is 12.7 Å². The van der Waals surface area contributed by atoms with Crippen LogP contribution in [0.5, 0.6) is 0 Å². The van der Waals surface area contributed by atoms with Crippen molar-refractivity contribution in [3.05, 3.63) is 88.6 Å². The maximum atomic E-state index is 15.3. The Kier molecular flexibility index (Phi) is 7.24. The predicted octanol–water partition coefficient (Wildman–Crippen LogP) is 5.08. The molecule has 1 saturated heterocycles. The van der Waals surface area contributed by atoms with Gasteiger partial charge in [0.25, 0.3) is 0 Å². The van der Waals surface area contributed by atoms with Crippen molar-refractivity contribution in [3.63, 3.8) is 0 Å². The third-order valence-corrected chi connectivity index (χ3v) is 9.15. The molecule has 0 unspecified atom stereocenters. The number of aromatic nitrogens is 2. The van der Waals surface area contributed by atoms with Crippen molar-refractivity contribution in [2.24, 2.45) is 0 Å². The van der Waals surface area contributed by atoms with Crippen LogP contribution in [0.25, 0.3) is 16.3 Å². The van der Waals surface area contributed by atoms with Gasteiger partial charge in [0.2, 0.25) is 11.8 Å². The largest absolute Gasteiger partial charge is 0.378 e. The molecule has 0 aliphatic carbocycles. The normalized spacial score (nSPS) is 17.7. The van der Waals surface area contributed by atoms with Gasteiger partial charge >= 0.3 is 0 Å². The first-order chi connectivity index (χ1) is 19.0. The Morgan fingerprint density at radius 1 is 1.08 bits per heavy atom. The van der Waals surface area contributed by atoms with E-state index in [1.165, 1.54) is 29.2 Å². The highest BCUT2D eigenvalue weighted by Crippen LogP contribution is 2.49. The van der Waals surface area contributed by atoms with Gasteiger partial charge in [0, 0.05) is 24.2 Å². The Morgan fingerprint density at radius 3 is 2.59 bits per heavy atom. The number of hydrogen-bond acceptors (Lipinski definition) is 6. The van der Waals surface area contributed by atoms with E-state index in [1.807, 2.05) is 54.8 Å². The van der Waals surface area contributed by atoms with E-state index in [0.29, 0.717) is 43.4 Å². The number of carbonyl (C=O) groups is 2. The Labute approximate surface area is 234 Å². The number of rotatable bonds is 5. The molecule has 6 rings (SSSR count). The van der Waals surface area contributed by atoms with E-state index in [9.17, 15) is 9.59 Å². The zero-order valence-corrected chi connectivity index (χ0v) is 23.0. The van der Waals surface area contributed by atoms with Gasteiger partial charge in [-0.15, -0.1) is 23.1 Å². The van der Waals surface area contributed by atoms with E-state index in [0.717, 1.165) is 21.7 Å². The summed E-state index contributed by atoms with van der Waals surface area (Å²) >= 11 is 2.90. The molecule has 2 aromatic carbocycles. The second kappa shape index (κ2) is 11.0. The molecule has 0 radical (unpaired) electrons. The second-order valence-electron chi connectivity index (χ2n) is 9.45. The van der Waals surface area contributed by atoms with Crippen molar-refractivity contribution >= 4 is 40.7 Å². The van der Waals surface area contributed by atoms with E-state index in [2.05, 4.69) is 0 Å². The van der Waals surface area contributed by atoms with Crippen LogP contribution in [-0.4, -0.2) is 65.1 Å². The highest BCUT2D eigenvalue weighted by Gasteiger charge is 2.39. The molecule has 0 N–H and O–H groups in total. The Balaban J connectivity index is 1.59. The van der Waals surface area contributed by atoms with Crippen molar-refractivity contribution in [1.29, 1.82) is 0 Å². The Morgan fingerprint density at radius 2 is 1.85 bits per heavy atom. The smallest absolute Gasteiger partial charge is 0.242 e. The minimum absolute atomic E-state index is 0.0989. The first kappa shape index (κ1) is 25.8. The molecular formula is C29H27FN4O3S2. The lowest BCUT2D eigenvalue weighted by molar-refractivity contribution is -0.134. The first-order valence-corrected chi connectivity index (χ1v) is 14.7. The predicted molar refractivity (Wildman–Crippen MR) is 152 cm³/mol. The summed E-state index contributed by atoms with van der Waals surface area (Å²) in [6.45, 7) is 3.77. The van der Waals surface area contributed by atoms with Crippen LogP contribution in [0.4, 0.5) is 10.2 Å². The number of thioether (sulfide) groups is 1. The topological polar surface area (TPSA) is 67.7 Å². The van der Waals surface area contributed by atoms with Gasteiger partial charge in [-0.1, -0.05) is 42.5 Å². The van der Waals surface area contributed by atoms with Gasteiger partial charge < -0.3 is 9.64 Å². The fourth-order valence-corrected chi connectivity index (χ4v) is 7.01. The monoisotopic (exact) mass is 562 g/mol. The van der Waals surface area contributed by atoms with Crippen LogP contribution in [-0.2, 0) is 14.3 Å². The molecule has 1 fully saturated rings. The highest BCUT2D eigenvalue weighted by molar-refractivity contribution is 8.00. The van der Waals surface area contributed by atoms with Gasteiger partial charge in [-0.2, -0.15) is 5.10 Å². The van der Waals surface area contributed by atoms with E-state index in [-0.39, 0.29) is 29.9 Å². The van der Waals surface area contributed by atoms with Crippen molar-refractivity contribution < 1.29 is 18.7 Å². The fourth-order valence-electron chi connectivity index (χ4n) is 5.06. The number of hydrogen-bond donors (Lipinski definition) is 0. The Hall–Kier alpha value is -3.47. The summed E-state index contributed by atoms with van der Waals surface area (Å²) in [5.41, 5.74) is 3.66. The third-order valence-electron chi connectivity index (χ3n) is 7.03. The summed E-state index contributed by atoms with van der Waals surface area (Å²) < 4.78 is 22.5. The average molecular weight is 563 g/mol. The quantitative estimate of drug-likeness (QED) is 0.340. The molecule has 4 heterocycles. The number of thiophene rings is 1. The second-order valence-corrected chi connectivity index (χ2v) is 11.5. The lowest BCUT2D eigenvalue weighted by Crippen LogP contribution is -2.48. The molecule has 0 bridgehead atoms. The molecule has 200 valence electrons.